The van der Waals surface area contributed by atoms with Crippen LogP contribution in [0.3, 0.4) is 0 Å². The van der Waals surface area contributed by atoms with E-state index in [0.717, 1.165) is 63.9 Å². The first-order chi connectivity index (χ1) is 17.0. The number of urea groups is 1. The number of benzene rings is 2. The topological polar surface area (TPSA) is 98.3 Å². The Hall–Kier alpha value is -4.33. The molecule has 3 N–H and O–H groups in total. The second-order valence-corrected chi connectivity index (χ2v) is 8.69. The van der Waals surface area contributed by atoms with Crippen LogP contribution in [-0.4, -0.2) is 34.5 Å². The molecule has 2 aromatic carbocycles. The fourth-order valence-electron chi connectivity index (χ4n) is 4.74. The number of ether oxygens (including phenoxy) is 1. The van der Waals surface area contributed by atoms with Crippen molar-refractivity contribution in [3.63, 3.8) is 0 Å². The number of rotatable bonds is 5. The minimum absolute atomic E-state index is 0.591. The number of carbonyl (C=O) groups excluding carboxylic acids is 1. The maximum Gasteiger partial charge on any atom is 0.316 e. The number of anilines is 2. The highest BCUT2D eigenvalue weighted by Gasteiger charge is 2.28. The van der Waals surface area contributed by atoms with Gasteiger partial charge in [0.15, 0.2) is 0 Å². The summed E-state index contributed by atoms with van der Waals surface area (Å²) >= 11 is 0. The summed E-state index contributed by atoms with van der Waals surface area (Å²) in [6, 6.07) is 17.1. The summed E-state index contributed by atoms with van der Waals surface area (Å²) in [5.41, 5.74) is 13.3. The van der Waals surface area contributed by atoms with Crippen molar-refractivity contribution in [1.82, 2.24) is 14.8 Å². The second kappa shape index (κ2) is 9.13. The van der Waals surface area contributed by atoms with Gasteiger partial charge < -0.3 is 20.7 Å². The van der Waals surface area contributed by atoms with Crippen LogP contribution in [0.1, 0.15) is 22.4 Å². The van der Waals surface area contributed by atoms with Crippen LogP contribution in [0.5, 0.6) is 5.75 Å². The van der Waals surface area contributed by atoms with Crippen molar-refractivity contribution in [1.29, 1.82) is 0 Å². The first-order valence-electron chi connectivity index (χ1n) is 11.5. The molecular weight excluding hydrogens is 440 g/mol. The zero-order chi connectivity index (χ0) is 24.5. The van der Waals surface area contributed by atoms with Crippen molar-refractivity contribution in [3.05, 3.63) is 83.2 Å². The van der Waals surface area contributed by atoms with Gasteiger partial charge in [-0.3, -0.25) is 0 Å². The van der Waals surface area contributed by atoms with E-state index in [-0.39, 0.29) is 0 Å². The van der Waals surface area contributed by atoms with E-state index in [4.69, 9.17) is 15.6 Å². The van der Waals surface area contributed by atoms with E-state index in [1.807, 2.05) is 53.3 Å². The van der Waals surface area contributed by atoms with Gasteiger partial charge in [0.1, 0.15) is 17.3 Å². The molecule has 2 amide bonds. The molecule has 1 aliphatic heterocycles. The molecule has 35 heavy (non-hydrogen) atoms. The Morgan fingerprint density at radius 1 is 1.06 bits per heavy atom. The Labute approximate surface area is 204 Å². The number of hydrogen-bond donors (Lipinski definition) is 2. The van der Waals surface area contributed by atoms with E-state index < -0.39 is 6.03 Å². The lowest BCUT2D eigenvalue weighted by atomic mass is 10.00. The minimum atomic E-state index is -0.591. The van der Waals surface area contributed by atoms with Gasteiger partial charge in [0.2, 0.25) is 0 Å². The van der Waals surface area contributed by atoms with Crippen LogP contribution in [0.15, 0.2) is 60.8 Å². The van der Waals surface area contributed by atoms with Crippen LogP contribution in [0.4, 0.5) is 16.3 Å². The molecule has 4 aromatic rings. The van der Waals surface area contributed by atoms with Gasteiger partial charge in [0, 0.05) is 42.5 Å². The average molecular weight is 469 g/mol. The zero-order valence-electron chi connectivity index (χ0n) is 20.1. The normalized spacial score (nSPS) is 12.8. The van der Waals surface area contributed by atoms with Gasteiger partial charge in [0.05, 0.1) is 18.5 Å². The summed E-state index contributed by atoms with van der Waals surface area (Å²) in [4.78, 5) is 18.3. The molecule has 0 fully saturated rings. The number of nitrogens with two attached hydrogens (primary N) is 1. The molecule has 178 valence electrons. The SMILES string of the molecule is COc1cccc(C)c1-n1nc2c(c1-c1ccc(NC(N)=O)cc1)CN(c1ncccc1C)CC2. The number of methoxy groups -OCH3 is 1. The van der Waals surface area contributed by atoms with E-state index in [9.17, 15) is 4.79 Å². The number of pyridine rings is 1. The molecule has 1 aliphatic rings. The van der Waals surface area contributed by atoms with Crippen LogP contribution in [0.2, 0.25) is 0 Å². The van der Waals surface area contributed by atoms with Crippen LogP contribution in [-0.2, 0) is 13.0 Å². The second-order valence-electron chi connectivity index (χ2n) is 8.69. The lowest BCUT2D eigenvalue weighted by molar-refractivity contribution is 0.259. The maximum atomic E-state index is 11.3. The number of aryl methyl sites for hydroxylation is 2. The summed E-state index contributed by atoms with van der Waals surface area (Å²) in [5.74, 6) is 1.75. The monoisotopic (exact) mass is 468 g/mol. The fourth-order valence-corrected chi connectivity index (χ4v) is 4.74. The third-order valence-electron chi connectivity index (χ3n) is 6.37. The van der Waals surface area contributed by atoms with Gasteiger partial charge in [-0.2, -0.15) is 5.10 Å². The number of fused-ring (bicyclic) bond motifs is 1. The number of nitrogens with zero attached hydrogens (tertiary/aromatic N) is 4. The minimum Gasteiger partial charge on any atom is -0.494 e. The van der Waals surface area contributed by atoms with Crippen LogP contribution in [0, 0.1) is 13.8 Å². The van der Waals surface area contributed by atoms with Gasteiger partial charge in [-0.25, -0.2) is 14.5 Å². The molecule has 8 heteroatoms. The number of aromatic nitrogens is 3. The highest BCUT2D eigenvalue weighted by molar-refractivity contribution is 5.88. The van der Waals surface area contributed by atoms with Gasteiger partial charge in [-0.15, -0.1) is 0 Å². The average Bonchev–Trinajstić information content (AvgIpc) is 3.22. The predicted octanol–water partition coefficient (Wildman–Crippen LogP) is 4.61. The standard InChI is InChI=1S/C27H28N6O2/c1-17-6-4-8-23(35-3)24(17)33-25(19-9-11-20(12-10-19)30-27(28)34)21-16-32(15-13-22(21)31-33)26-18(2)7-5-14-29-26/h4-12,14H,13,15-16H2,1-3H3,(H3,28,30,34). The first kappa shape index (κ1) is 22.5. The molecule has 0 saturated carbocycles. The Balaban J connectivity index is 1.67. The molecule has 2 aromatic heterocycles. The molecule has 5 rings (SSSR count). The van der Waals surface area contributed by atoms with Crippen LogP contribution < -0.4 is 20.7 Å². The molecule has 0 spiro atoms. The Morgan fingerprint density at radius 3 is 2.54 bits per heavy atom. The quantitative estimate of drug-likeness (QED) is 0.446. The number of nitrogens with one attached hydrogen (secondary N) is 1. The van der Waals surface area contributed by atoms with E-state index in [1.54, 1.807) is 7.11 Å². The molecule has 0 atom stereocenters. The number of carbonyl (C=O) groups is 1. The van der Waals surface area contributed by atoms with Crippen molar-refractivity contribution in [2.45, 2.75) is 26.8 Å². The fraction of sp³-hybridized carbons (Fsp3) is 0.222. The van der Waals surface area contributed by atoms with E-state index in [1.165, 1.54) is 0 Å². The predicted molar refractivity (Wildman–Crippen MR) is 137 cm³/mol. The highest BCUT2D eigenvalue weighted by atomic mass is 16.5. The largest absolute Gasteiger partial charge is 0.494 e. The first-order valence-corrected chi connectivity index (χ1v) is 11.5. The molecule has 0 radical (unpaired) electrons. The molecule has 3 heterocycles. The Kier molecular flexibility index (Phi) is 5.86. The third kappa shape index (κ3) is 4.19. The van der Waals surface area contributed by atoms with Crippen LogP contribution in [0.25, 0.3) is 16.9 Å². The molecule has 0 unspecified atom stereocenters. The summed E-state index contributed by atoms with van der Waals surface area (Å²) < 4.78 is 7.73. The van der Waals surface area contributed by atoms with Crippen molar-refractivity contribution in [2.24, 2.45) is 5.73 Å². The number of hydrogen-bond acceptors (Lipinski definition) is 5. The molecular formula is C27H28N6O2. The zero-order valence-corrected chi connectivity index (χ0v) is 20.1. The summed E-state index contributed by atoms with van der Waals surface area (Å²) in [7, 11) is 1.68. The third-order valence-corrected chi connectivity index (χ3v) is 6.37. The van der Waals surface area contributed by atoms with E-state index in [2.05, 4.69) is 41.2 Å². The van der Waals surface area contributed by atoms with Crippen molar-refractivity contribution in [3.8, 4) is 22.7 Å². The molecule has 8 nitrogen and oxygen atoms in total. The smallest absolute Gasteiger partial charge is 0.316 e. The van der Waals surface area contributed by atoms with Crippen molar-refractivity contribution < 1.29 is 9.53 Å². The van der Waals surface area contributed by atoms with E-state index in [0.29, 0.717) is 12.2 Å². The van der Waals surface area contributed by atoms with Crippen LogP contribution >= 0.6 is 0 Å². The molecule has 0 bridgehead atoms. The van der Waals surface area contributed by atoms with Gasteiger partial charge in [-0.05, 0) is 49.2 Å². The number of para-hydroxylation sites is 1. The number of amides is 2. The van der Waals surface area contributed by atoms with E-state index >= 15 is 0 Å². The maximum absolute atomic E-state index is 11.3. The summed E-state index contributed by atoms with van der Waals surface area (Å²) in [6.45, 7) is 5.68. The van der Waals surface area contributed by atoms with Crippen molar-refractivity contribution >= 4 is 17.5 Å². The lowest BCUT2D eigenvalue weighted by Gasteiger charge is -2.29. The number of primary amides is 1. The lowest BCUT2D eigenvalue weighted by Crippen LogP contribution is -2.31. The van der Waals surface area contributed by atoms with Gasteiger partial charge in [0.25, 0.3) is 0 Å². The highest BCUT2D eigenvalue weighted by Crippen LogP contribution is 2.38. The summed E-state index contributed by atoms with van der Waals surface area (Å²) in [6.07, 6.45) is 2.64. The Bertz CT molecular complexity index is 1390. The Morgan fingerprint density at radius 2 is 1.83 bits per heavy atom. The summed E-state index contributed by atoms with van der Waals surface area (Å²) in [5, 5.41) is 7.72. The van der Waals surface area contributed by atoms with Gasteiger partial charge in [-0.1, -0.05) is 30.3 Å². The van der Waals surface area contributed by atoms with Gasteiger partial charge >= 0.3 is 6.03 Å². The molecule has 0 saturated heterocycles. The molecule has 0 aliphatic carbocycles. The van der Waals surface area contributed by atoms with Crippen molar-refractivity contribution in [2.75, 3.05) is 23.9 Å².